The quantitative estimate of drug-likeness (QED) is 0.121. The lowest BCUT2D eigenvalue weighted by Crippen LogP contribution is -2.79. The van der Waals surface area contributed by atoms with Crippen molar-refractivity contribution in [2.45, 2.75) is 102 Å². The summed E-state index contributed by atoms with van der Waals surface area (Å²) in [5.74, 6) is -6.26. The molecule has 12 nitrogen and oxygen atoms in total. The molecule has 1 saturated heterocycles. The van der Waals surface area contributed by atoms with Gasteiger partial charge >= 0.3 is 11.9 Å². The van der Waals surface area contributed by atoms with E-state index in [-0.39, 0.29) is 37.4 Å². The van der Waals surface area contributed by atoms with Crippen LogP contribution in [-0.2, 0) is 28.6 Å². The van der Waals surface area contributed by atoms with Gasteiger partial charge in [-0.15, -0.1) is 0 Å². The Morgan fingerprint density at radius 2 is 1.49 bits per heavy atom. The number of rotatable bonds is 10. The van der Waals surface area contributed by atoms with E-state index in [4.69, 9.17) is 14.2 Å². The number of hydrogen-bond donors (Lipinski definition) is 4. The molecule has 59 heavy (non-hydrogen) atoms. The molecule has 312 valence electrons. The van der Waals surface area contributed by atoms with Gasteiger partial charge in [-0.25, -0.2) is 4.79 Å². The average Bonchev–Trinajstić information content (AvgIpc) is 3.21. The van der Waals surface area contributed by atoms with Gasteiger partial charge in [0, 0.05) is 60.5 Å². The third kappa shape index (κ3) is 6.83. The predicted octanol–water partition coefficient (Wildman–Crippen LogP) is 5.10. The van der Waals surface area contributed by atoms with Gasteiger partial charge in [-0.05, 0) is 42.7 Å². The molecular formula is C47H53NO11. The predicted molar refractivity (Wildman–Crippen MR) is 215 cm³/mol. The van der Waals surface area contributed by atoms with E-state index in [0.29, 0.717) is 27.8 Å². The van der Waals surface area contributed by atoms with Crippen molar-refractivity contribution in [3.05, 3.63) is 119 Å². The summed E-state index contributed by atoms with van der Waals surface area (Å²) >= 11 is 0. The summed E-state index contributed by atoms with van der Waals surface area (Å²) in [5.41, 5.74) is -4.29. The molecule has 0 aromatic heterocycles. The van der Waals surface area contributed by atoms with E-state index in [2.05, 4.69) is 5.32 Å². The van der Waals surface area contributed by atoms with E-state index >= 15 is 4.79 Å². The van der Waals surface area contributed by atoms with Gasteiger partial charge in [0.05, 0.1) is 29.8 Å². The summed E-state index contributed by atoms with van der Waals surface area (Å²) in [7, 11) is 0. The fourth-order valence-electron chi connectivity index (χ4n) is 11.1. The first-order chi connectivity index (χ1) is 27.9. The van der Waals surface area contributed by atoms with Crippen molar-refractivity contribution in [2.24, 2.45) is 28.6 Å². The smallest absolute Gasteiger partial charge is 0.338 e. The maximum absolute atomic E-state index is 15.3. The number of ether oxygens (including phenoxy) is 3. The van der Waals surface area contributed by atoms with Gasteiger partial charge in [-0.1, -0.05) is 99.6 Å². The minimum atomic E-state index is -1.96. The first kappa shape index (κ1) is 42.1. The number of benzene rings is 3. The molecule has 3 fully saturated rings. The zero-order valence-electron chi connectivity index (χ0n) is 34.2. The molecule has 1 amide bonds. The van der Waals surface area contributed by atoms with E-state index in [9.17, 15) is 34.5 Å². The second-order valence-corrected chi connectivity index (χ2v) is 17.5. The van der Waals surface area contributed by atoms with Gasteiger partial charge in [0.1, 0.15) is 18.0 Å². The number of aliphatic hydroxyl groups excluding tert-OH is 2. The topological polar surface area (TPSA) is 186 Å². The minimum absolute atomic E-state index is 0.0144. The third-order valence-electron chi connectivity index (χ3n) is 14.0. The number of nitrogens with one attached hydrogen (secondary N) is 1. The SMILES string of the molecule is CC(=O)O[C@@]12CO[C@@H]1C[C@H](O)[C@@]1(C)C(=O)[C@H](C)C3=C(C)[C@@H](OC(=O)[C@H](O)C(NC(=O)c4ccccc4)c4ccccc4)C[C@@](O)([C@@H](CC(=O)c4ccccc4)[C@H]21)C3(C)C. The van der Waals surface area contributed by atoms with Crippen molar-refractivity contribution < 1.29 is 53.5 Å². The molecule has 1 unspecified atom stereocenters. The molecule has 0 radical (unpaired) electrons. The Balaban J connectivity index is 1.34. The first-order valence-corrected chi connectivity index (χ1v) is 20.2. The van der Waals surface area contributed by atoms with Crippen molar-refractivity contribution in [3.63, 3.8) is 0 Å². The van der Waals surface area contributed by atoms with Gasteiger partial charge in [0.15, 0.2) is 17.5 Å². The molecule has 12 heteroatoms. The van der Waals surface area contributed by atoms with Crippen molar-refractivity contribution in [2.75, 3.05) is 6.61 Å². The summed E-state index contributed by atoms with van der Waals surface area (Å²) in [4.78, 5) is 70.3. The highest BCUT2D eigenvalue weighted by Gasteiger charge is 2.76. The third-order valence-corrected chi connectivity index (χ3v) is 14.0. The number of amides is 1. The summed E-state index contributed by atoms with van der Waals surface area (Å²) in [6, 6.07) is 24.1. The number of carbonyl (C=O) groups excluding carboxylic acids is 5. The van der Waals surface area contributed by atoms with E-state index in [1.165, 1.54) is 6.92 Å². The van der Waals surface area contributed by atoms with E-state index < -0.39 is 88.1 Å². The zero-order chi connectivity index (χ0) is 42.7. The lowest BCUT2D eigenvalue weighted by molar-refractivity contribution is -0.339. The fraction of sp³-hybridized carbons (Fsp3) is 0.468. The number of ketones is 2. The van der Waals surface area contributed by atoms with Crippen LogP contribution in [0.1, 0.15) is 93.1 Å². The van der Waals surface area contributed by atoms with Gasteiger partial charge in [0.25, 0.3) is 5.91 Å². The molecule has 1 heterocycles. The number of aliphatic hydroxyl groups is 3. The Bertz CT molecular complexity index is 2160. The minimum Gasteiger partial charge on any atom is -0.456 e. The van der Waals surface area contributed by atoms with Crippen molar-refractivity contribution in [1.82, 2.24) is 5.32 Å². The van der Waals surface area contributed by atoms with E-state index in [1.54, 1.807) is 126 Å². The average molecular weight is 808 g/mol. The Labute approximate surface area is 343 Å². The Morgan fingerprint density at radius 3 is 2.05 bits per heavy atom. The van der Waals surface area contributed by atoms with Gasteiger partial charge in [-0.3, -0.25) is 19.2 Å². The second-order valence-electron chi connectivity index (χ2n) is 17.5. The lowest BCUT2D eigenvalue weighted by atomic mass is 9.41. The molecule has 11 atom stereocenters. The number of carbonyl (C=O) groups is 5. The van der Waals surface area contributed by atoms with Crippen LogP contribution in [0, 0.1) is 28.6 Å². The van der Waals surface area contributed by atoms with Crippen LogP contribution in [0.25, 0.3) is 0 Å². The largest absolute Gasteiger partial charge is 0.456 e. The van der Waals surface area contributed by atoms with Crippen LogP contribution < -0.4 is 5.32 Å². The highest BCUT2D eigenvalue weighted by molar-refractivity contribution is 5.97. The van der Waals surface area contributed by atoms with Crippen LogP contribution >= 0.6 is 0 Å². The Morgan fingerprint density at radius 1 is 0.915 bits per heavy atom. The molecule has 2 bridgehead atoms. The van der Waals surface area contributed by atoms with Crippen molar-refractivity contribution in [1.29, 1.82) is 0 Å². The molecular weight excluding hydrogens is 755 g/mol. The van der Waals surface area contributed by atoms with Crippen LogP contribution in [0.4, 0.5) is 0 Å². The number of Topliss-reactive ketones (excluding diaryl/α,β-unsaturated/α-hetero) is 2. The standard InChI is InChI=1S/C47H53NO11/c1-26-34(58-43(55)39(52)38(30-18-12-8-13-19-30)48-42(54)31-20-14-9-15-21-31)24-47(56)32(22-33(50)29-16-10-7-11-17-29)40-45(6,41(53)27(2)37(26)44(47,4)5)35(51)23-36-46(40,25-57-36)59-28(3)49/h7-21,27,32,34-36,38-40,51-52,56H,22-25H2,1-6H3,(H,48,54)/t27-,32+,34+,35+,36-,38?,39-,40+,45-,46+,47-/m1/s1. The summed E-state index contributed by atoms with van der Waals surface area (Å²) in [5, 5.41) is 40.3. The highest BCUT2D eigenvalue weighted by atomic mass is 16.6. The summed E-state index contributed by atoms with van der Waals surface area (Å²) in [6.07, 6.45) is -5.87. The molecule has 3 aromatic rings. The molecule has 4 aliphatic rings. The Kier molecular flexibility index (Phi) is 11.1. The first-order valence-electron chi connectivity index (χ1n) is 20.2. The fourth-order valence-corrected chi connectivity index (χ4v) is 11.1. The van der Waals surface area contributed by atoms with Crippen LogP contribution in [0.15, 0.2) is 102 Å². The van der Waals surface area contributed by atoms with Crippen molar-refractivity contribution in [3.8, 4) is 0 Å². The number of hydrogen-bond acceptors (Lipinski definition) is 11. The molecule has 1 aliphatic heterocycles. The molecule has 3 aliphatic carbocycles. The van der Waals surface area contributed by atoms with E-state index in [0.717, 1.165) is 0 Å². The zero-order valence-corrected chi connectivity index (χ0v) is 34.2. The molecule has 0 spiro atoms. The molecule has 4 N–H and O–H groups in total. The summed E-state index contributed by atoms with van der Waals surface area (Å²) in [6.45, 7) is 9.76. The normalized spacial score (nSPS) is 33.1. The van der Waals surface area contributed by atoms with Gasteiger partial charge < -0.3 is 34.8 Å². The molecule has 7 rings (SSSR count). The highest BCUT2D eigenvalue weighted by Crippen LogP contribution is 2.67. The van der Waals surface area contributed by atoms with Crippen LogP contribution in [0.3, 0.4) is 0 Å². The monoisotopic (exact) mass is 807 g/mol. The number of fused-ring (bicyclic) bond motifs is 5. The second kappa shape index (κ2) is 15.5. The van der Waals surface area contributed by atoms with Crippen molar-refractivity contribution >= 4 is 29.4 Å². The van der Waals surface area contributed by atoms with Crippen LogP contribution in [-0.4, -0.2) is 87.0 Å². The maximum Gasteiger partial charge on any atom is 0.338 e. The maximum atomic E-state index is 15.3. The van der Waals surface area contributed by atoms with Crippen LogP contribution in [0.2, 0.25) is 0 Å². The Hall–Kier alpha value is -5.01. The van der Waals surface area contributed by atoms with Gasteiger partial charge in [0.2, 0.25) is 0 Å². The lowest BCUT2D eigenvalue weighted by Gasteiger charge is -2.68. The molecule has 2 saturated carbocycles. The van der Waals surface area contributed by atoms with Gasteiger partial charge in [-0.2, -0.15) is 0 Å². The molecule has 3 aromatic carbocycles. The van der Waals surface area contributed by atoms with Crippen LogP contribution in [0.5, 0.6) is 0 Å². The van der Waals surface area contributed by atoms with E-state index in [1.807, 2.05) is 0 Å². The summed E-state index contributed by atoms with van der Waals surface area (Å²) < 4.78 is 18.3. The number of esters is 2.